The standard InChI is InChI=1S/C13H19FN2OS/c1-18-8-4-2-3-7-16-13(17)11-9-10(14)5-6-12(11)15/h5-6,9H,2-4,7-8,15H2,1H3,(H,16,17). The molecule has 1 aromatic rings. The van der Waals surface area contributed by atoms with E-state index < -0.39 is 5.82 Å². The number of thioether (sulfide) groups is 1. The van der Waals surface area contributed by atoms with Crippen LogP contribution in [0.1, 0.15) is 29.6 Å². The number of amides is 1. The molecule has 0 aliphatic carbocycles. The van der Waals surface area contributed by atoms with E-state index in [0.29, 0.717) is 12.2 Å². The fourth-order valence-electron chi connectivity index (χ4n) is 1.57. The molecule has 0 aliphatic rings. The summed E-state index contributed by atoms with van der Waals surface area (Å²) in [5, 5.41) is 2.75. The fraction of sp³-hybridized carbons (Fsp3) is 0.462. The van der Waals surface area contributed by atoms with E-state index >= 15 is 0 Å². The van der Waals surface area contributed by atoms with Gasteiger partial charge in [0, 0.05) is 12.2 Å². The van der Waals surface area contributed by atoms with E-state index in [1.54, 1.807) is 0 Å². The summed E-state index contributed by atoms with van der Waals surface area (Å²) in [6.45, 7) is 0.600. The van der Waals surface area contributed by atoms with Crippen LogP contribution in [0, 0.1) is 5.82 Å². The van der Waals surface area contributed by atoms with Crippen LogP contribution >= 0.6 is 11.8 Å². The van der Waals surface area contributed by atoms with Crippen LogP contribution in [0.3, 0.4) is 0 Å². The lowest BCUT2D eigenvalue weighted by atomic mass is 10.1. The van der Waals surface area contributed by atoms with Crippen molar-refractivity contribution in [2.24, 2.45) is 0 Å². The Morgan fingerprint density at radius 3 is 2.89 bits per heavy atom. The lowest BCUT2D eigenvalue weighted by Gasteiger charge is -2.07. The van der Waals surface area contributed by atoms with Crippen molar-refractivity contribution in [1.29, 1.82) is 0 Å². The Kier molecular flexibility index (Phi) is 6.57. The second-order valence-corrected chi connectivity index (χ2v) is 5.03. The first-order valence-corrected chi connectivity index (χ1v) is 7.36. The normalized spacial score (nSPS) is 10.3. The molecule has 100 valence electrons. The van der Waals surface area contributed by atoms with Crippen molar-refractivity contribution < 1.29 is 9.18 Å². The third kappa shape index (κ3) is 4.96. The molecule has 0 unspecified atom stereocenters. The number of unbranched alkanes of at least 4 members (excludes halogenated alkanes) is 2. The average molecular weight is 270 g/mol. The zero-order valence-electron chi connectivity index (χ0n) is 10.5. The quantitative estimate of drug-likeness (QED) is 0.591. The molecule has 0 aliphatic heterocycles. The van der Waals surface area contributed by atoms with E-state index in [2.05, 4.69) is 11.6 Å². The lowest BCUT2D eigenvalue weighted by molar-refractivity contribution is 0.0953. The van der Waals surface area contributed by atoms with E-state index in [9.17, 15) is 9.18 Å². The summed E-state index contributed by atoms with van der Waals surface area (Å²) in [6.07, 6.45) is 5.24. The number of nitrogens with two attached hydrogens (primary N) is 1. The second-order valence-electron chi connectivity index (χ2n) is 4.04. The molecule has 0 bridgehead atoms. The smallest absolute Gasteiger partial charge is 0.253 e. The molecule has 0 aromatic heterocycles. The Bertz CT molecular complexity index is 399. The molecule has 18 heavy (non-hydrogen) atoms. The molecule has 0 atom stereocenters. The predicted molar refractivity (Wildman–Crippen MR) is 75.4 cm³/mol. The molecule has 5 heteroatoms. The number of anilines is 1. The van der Waals surface area contributed by atoms with E-state index in [1.165, 1.54) is 18.2 Å². The van der Waals surface area contributed by atoms with Gasteiger partial charge in [0.2, 0.25) is 0 Å². The first-order chi connectivity index (χ1) is 8.65. The number of benzene rings is 1. The highest BCUT2D eigenvalue weighted by molar-refractivity contribution is 7.98. The summed E-state index contributed by atoms with van der Waals surface area (Å²) in [7, 11) is 0. The topological polar surface area (TPSA) is 55.1 Å². The predicted octanol–water partition coefficient (Wildman–Crippen LogP) is 2.67. The molecular formula is C13H19FN2OS. The van der Waals surface area contributed by atoms with Crippen LogP contribution in [0.25, 0.3) is 0 Å². The van der Waals surface area contributed by atoms with Gasteiger partial charge in [-0.25, -0.2) is 4.39 Å². The summed E-state index contributed by atoms with van der Waals surface area (Å²) in [4.78, 5) is 11.7. The molecule has 0 saturated heterocycles. The zero-order chi connectivity index (χ0) is 13.4. The SMILES string of the molecule is CSCCCCCNC(=O)c1cc(F)ccc1N. The van der Waals surface area contributed by atoms with Gasteiger partial charge in [-0.15, -0.1) is 0 Å². The number of hydrogen-bond donors (Lipinski definition) is 2. The highest BCUT2D eigenvalue weighted by Gasteiger charge is 2.09. The van der Waals surface area contributed by atoms with Crippen molar-refractivity contribution in [2.45, 2.75) is 19.3 Å². The maximum Gasteiger partial charge on any atom is 0.253 e. The minimum atomic E-state index is -0.450. The van der Waals surface area contributed by atoms with Crippen LogP contribution in [0.5, 0.6) is 0 Å². The zero-order valence-corrected chi connectivity index (χ0v) is 11.4. The Morgan fingerprint density at radius 2 is 2.17 bits per heavy atom. The summed E-state index contributed by atoms with van der Waals surface area (Å²) in [5.74, 6) is 0.385. The Morgan fingerprint density at radius 1 is 1.39 bits per heavy atom. The average Bonchev–Trinajstić information content (AvgIpc) is 2.36. The van der Waals surface area contributed by atoms with Crippen LogP contribution in [0.15, 0.2) is 18.2 Å². The third-order valence-electron chi connectivity index (χ3n) is 2.57. The highest BCUT2D eigenvalue weighted by atomic mass is 32.2. The van der Waals surface area contributed by atoms with Gasteiger partial charge < -0.3 is 11.1 Å². The van der Waals surface area contributed by atoms with E-state index in [-0.39, 0.29) is 11.5 Å². The van der Waals surface area contributed by atoms with Gasteiger partial charge in [0.05, 0.1) is 5.56 Å². The Hall–Kier alpha value is -1.23. The highest BCUT2D eigenvalue weighted by Crippen LogP contribution is 2.13. The van der Waals surface area contributed by atoms with Crippen molar-refractivity contribution >= 4 is 23.4 Å². The van der Waals surface area contributed by atoms with Crippen LogP contribution < -0.4 is 11.1 Å². The third-order valence-corrected chi connectivity index (χ3v) is 3.27. The minimum Gasteiger partial charge on any atom is -0.398 e. The summed E-state index contributed by atoms with van der Waals surface area (Å²) in [6, 6.07) is 3.82. The van der Waals surface area contributed by atoms with E-state index in [0.717, 1.165) is 25.0 Å². The first-order valence-electron chi connectivity index (χ1n) is 5.97. The summed E-state index contributed by atoms with van der Waals surface area (Å²) >= 11 is 1.82. The van der Waals surface area contributed by atoms with Gasteiger partial charge in [-0.2, -0.15) is 11.8 Å². The molecule has 0 spiro atoms. The van der Waals surface area contributed by atoms with Gasteiger partial charge in [-0.05, 0) is 43.0 Å². The van der Waals surface area contributed by atoms with Crippen molar-refractivity contribution in [3.63, 3.8) is 0 Å². The lowest BCUT2D eigenvalue weighted by Crippen LogP contribution is -2.25. The van der Waals surface area contributed by atoms with Gasteiger partial charge >= 0.3 is 0 Å². The van der Waals surface area contributed by atoms with Crippen LogP contribution in [0.2, 0.25) is 0 Å². The van der Waals surface area contributed by atoms with Crippen LogP contribution in [0.4, 0.5) is 10.1 Å². The number of nitrogen functional groups attached to an aromatic ring is 1. The molecule has 0 saturated carbocycles. The van der Waals surface area contributed by atoms with Crippen molar-refractivity contribution in [1.82, 2.24) is 5.32 Å². The van der Waals surface area contributed by atoms with Crippen LogP contribution in [-0.4, -0.2) is 24.5 Å². The maximum absolute atomic E-state index is 13.0. The van der Waals surface area contributed by atoms with Gasteiger partial charge in [0.1, 0.15) is 5.82 Å². The monoisotopic (exact) mass is 270 g/mol. The molecule has 0 radical (unpaired) electrons. The number of hydrogen-bond acceptors (Lipinski definition) is 3. The second kappa shape index (κ2) is 7.97. The number of carbonyl (C=O) groups excluding carboxylic acids is 1. The van der Waals surface area contributed by atoms with Crippen LogP contribution in [-0.2, 0) is 0 Å². The molecule has 1 rings (SSSR count). The van der Waals surface area contributed by atoms with Gasteiger partial charge in [-0.1, -0.05) is 6.42 Å². The number of rotatable bonds is 7. The summed E-state index contributed by atoms with van der Waals surface area (Å²) < 4.78 is 13.0. The van der Waals surface area contributed by atoms with Gasteiger partial charge in [0.25, 0.3) is 5.91 Å². The first kappa shape index (κ1) is 14.8. The van der Waals surface area contributed by atoms with Gasteiger partial charge in [0.15, 0.2) is 0 Å². The van der Waals surface area contributed by atoms with Crippen molar-refractivity contribution in [3.8, 4) is 0 Å². The molecule has 3 nitrogen and oxygen atoms in total. The minimum absolute atomic E-state index is 0.208. The fourth-order valence-corrected chi connectivity index (χ4v) is 2.06. The molecule has 3 N–H and O–H groups in total. The summed E-state index contributed by atoms with van der Waals surface area (Å²) in [5.41, 5.74) is 6.14. The molecule has 0 heterocycles. The van der Waals surface area contributed by atoms with Crippen molar-refractivity contribution in [3.05, 3.63) is 29.6 Å². The molecular weight excluding hydrogens is 251 g/mol. The van der Waals surface area contributed by atoms with Gasteiger partial charge in [-0.3, -0.25) is 4.79 Å². The largest absolute Gasteiger partial charge is 0.398 e. The van der Waals surface area contributed by atoms with E-state index in [1.807, 2.05) is 11.8 Å². The van der Waals surface area contributed by atoms with Crippen molar-refractivity contribution in [2.75, 3.05) is 24.3 Å². The number of halogens is 1. The maximum atomic E-state index is 13.0. The Balaban J connectivity index is 2.34. The molecule has 1 aromatic carbocycles. The number of nitrogens with one attached hydrogen (secondary N) is 1. The number of carbonyl (C=O) groups is 1. The van der Waals surface area contributed by atoms with E-state index in [4.69, 9.17) is 5.73 Å². The molecule has 1 amide bonds. The Labute approximate surface area is 111 Å². The molecule has 0 fully saturated rings.